The van der Waals surface area contributed by atoms with Gasteiger partial charge in [-0.25, -0.2) is 18.1 Å². The van der Waals surface area contributed by atoms with E-state index in [4.69, 9.17) is 0 Å². The summed E-state index contributed by atoms with van der Waals surface area (Å²) in [5.74, 6) is 0.887. The van der Waals surface area contributed by atoms with Crippen molar-refractivity contribution in [1.82, 2.24) is 14.7 Å². The maximum atomic E-state index is 12.5. The Kier molecular flexibility index (Phi) is 8.57. The molecule has 170 valence electrons. The van der Waals surface area contributed by atoms with Crippen LogP contribution >= 0.6 is 15.9 Å². The molecule has 0 unspecified atom stereocenters. The van der Waals surface area contributed by atoms with Gasteiger partial charge in [0.05, 0.1) is 16.0 Å². The van der Waals surface area contributed by atoms with Crippen molar-refractivity contribution in [2.75, 3.05) is 23.8 Å². The Morgan fingerprint density at radius 1 is 1.09 bits per heavy atom. The van der Waals surface area contributed by atoms with E-state index < -0.39 is 10.0 Å². The highest BCUT2D eigenvalue weighted by Gasteiger charge is 2.14. The van der Waals surface area contributed by atoms with Gasteiger partial charge in [-0.15, -0.1) is 0 Å². The third-order valence-corrected chi connectivity index (χ3v) is 6.66. The number of aliphatic hydroxyl groups is 1. The Morgan fingerprint density at radius 3 is 2.50 bits per heavy atom. The van der Waals surface area contributed by atoms with Crippen LogP contribution in [-0.4, -0.2) is 42.7 Å². The summed E-state index contributed by atoms with van der Waals surface area (Å²) < 4.78 is 28.4. The highest BCUT2D eigenvalue weighted by molar-refractivity contribution is 9.10. The number of sulfonamides is 1. The van der Waals surface area contributed by atoms with Crippen LogP contribution in [0.1, 0.15) is 18.9 Å². The Hall–Kier alpha value is -2.53. The van der Waals surface area contributed by atoms with E-state index in [0.29, 0.717) is 28.5 Å². The highest BCUT2D eigenvalue weighted by atomic mass is 79.9. The van der Waals surface area contributed by atoms with Crippen molar-refractivity contribution < 1.29 is 13.5 Å². The lowest BCUT2D eigenvalue weighted by atomic mass is 10.1. The van der Waals surface area contributed by atoms with Crippen LogP contribution in [0.2, 0.25) is 0 Å². The summed E-state index contributed by atoms with van der Waals surface area (Å²) in [6.07, 6.45) is 3.13. The van der Waals surface area contributed by atoms with Crippen LogP contribution in [0.4, 0.5) is 17.5 Å². The second kappa shape index (κ2) is 11.4. The first-order valence-electron chi connectivity index (χ1n) is 10.2. The van der Waals surface area contributed by atoms with E-state index in [0.717, 1.165) is 12.8 Å². The van der Waals surface area contributed by atoms with Gasteiger partial charge in [0.2, 0.25) is 16.0 Å². The summed E-state index contributed by atoms with van der Waals surface area (Å²) >= 11 is 3.37. The predicted molar refractivity (Wildman–Crippen MR) is 130 cm³/mol. The molecule has 3 aromatic rings. The lowest BCUT2D eigenvalue weighted by Crippen LogP contribution is -2.25. The Labute approximate surface area is 196 Å². The number of hydrogen-bond donors (Lipinski definition) is 4. The van der Waals surface area contributed by atoms with Gasteiger partial charge in [-0.05, 0) is 65.5 Å². The lowest BCUT2D eigenvalue weighted by molar-refractivity contribution is 0.281. The number of aromatic nitrogens is 2. The van der Waals surface area contributed by atoms with Gasteiger partial charge in [0.25, 0.3) is 0 Å². The van der Waals surface area contributed by atoms with Crippen LogP contribution in [0.5, 0.6) is 0 Å². The smallest absolute Gasteiger partial charge is 0.240 e. The van der Waals surface area contributed by atoms with Crippen LogP contribution in [0.3, 0.4) is 0 Å². The molecule has 3 rings (SSSR count). The Balaban J connectivity index is 1.57. The van der Waals surface area contributed by atoms with E-state index in [1.165, 1.54) is 17.7 Å². The molecule has 0 bridgehead atoms. The van der Waals surface area contributed by atoms with Crippen molar-refractivity contribution in [2.24, 2.45) is 0 Å². The van der Waals surface area contributed by atoms with Gasteiger partial charge in [0.15, 0.2) is 0 Å². The van der Waals surface area contributed by atoms with Gasteiger partial charge < -0.3 is 15.7 Å². The molecule has 0 radical (unpaired) electrons. The van der Waals surface area contributed by atoms with Crippen LogP contribution in [0, 0.1) is 0 Å². The summed E-state index contributed by atoms with van der Waals surface area (Å²) in [7, 11) is -3.58. The van der Waals surface area contributed by atoms with Gasteiger partial charge in [0, 0.05) is 24.5 Å². The summed E-state index contributed by atoms with van der Waals surface area (Å²) in [5.41, 5.74) is 1.83. The number of halogens is 1. The van der Waals surface area contributed by atoms with Gasteiger partial charge >= 0.3 is 0 Å². The Bertz CT molecular complexity index is 1110. The summed E-state index contributed by atoms with van der Waals surface area (Å²) in [4.78, 5) is 8.78. The van der Waals surface area contributed by atoms with Crippen molar-refractivity contribution in [3.05, 3.63) is 70.8 Å². The van der Waals surface area contributed by atoms with E-state index >= 15 is 0 Å². The molecule has 1 atom stereocenters. The number of nitrogens with one attached hydrogen (secondary N) is 3. The number of rotatable bonds is 11. The van der Waals surface area contributed by atoms with Crippen molar-refractivity contribution in [3.8, 4) is 0 Å². The SMILES string of the molecule is C[C@H](CO)Nc1nc(Nc2ccc(S(=O)(=O)NCCCc3ccccc3)cc2)ncc1Br. The standard InChI is InChI=1S/C22H26BrN5O3S/c1-16(15-29)26-21-20(23)14-24-22(28-21)27-18-9-11-19(12-10-18)32(30,31)25-13-5-8-17-6-3-2-4-7-17/h2-4,6-7,9-12,14,16,25,29H,5,8,13,15H2,1H3,(H2,24,26,27,28)/t16-/m1/s1. The van der Waals surface area contributed by atoms with E-state index in [1.807, 2.05) is 37.3 Å². The first kappa shape index (κ1) is 24.1. The summed E-state index contributed by atoms with van der Waals surface area (Å²) in [6, 6.07) is 16.2. The first-order chi connectivity index (χ1) is 15.4. The fourth-order valence-corrected chi connectivity index (χ4v) is 4.26. The molecule has 10 heteroatoms. The minimum absolute atomic E-state index is 0.0323. The van der Waals surface area contributed by atoms with Gasteiger partial charge in [0.1, 0.15) is 5.82 Å². The van der Waals surface area contributed by atoms with Crippen LogP contribution in [-0.2, 0) is 16.4 Å². The topological polar surface area (TPSA) is 116 Å². The molecule has 0 aliphatic heterocycles. The normalized spacial score (nSPS) is 12.3. The molecule has 0 aliphatic carbocycles. The van der Waals surface area contributed by atoms with E-state index in [2.05, 4.69) is 41.3 Å². The number of hydrogen-bond acceptors (Lipinski definition) is 7. The van der Waals surface area contributed by atoms with Gasteiger partial charge in [-0.2, -0.15) is 4.98 Å². The van der Waals surface area contributed by atoms with Gasteiger partial charge in [-0.1, -0.05) is 30.3 Å². The van der Waals surface area contributed by atoms with Crippen LogP contribution in [0.25, 0.3) is 0 Å². The summed E-state index contributed by atoms with van der Waals surface area (Å²) in [6.45, 7) is 2.16. The third kappa shape index (κ3) is 6.99. The average molecular weight is 520 g/mol. The fourth-order valence-electron chi connectivity index (χ4n) is 2.88. The molecule has 1 heterocycles. The quantitative estimate of drug-likeness (QED) is 0.285. The van der Waals surface area contributed by atoms with Crippen molar-refractivity contribution in [3.63, 3.8) is 0 Å². The number of anilines is 3. The van der Waals surface area contributed by atoms with Crippen molar-refractivity contribution >= 4 is 43.4 Å². The molecule has 0 saturated carbocycles. The molecule has 0 amide bonds. The third-order valence-electron chi connectivity index (χ3n) is 4.60. The minimum atomic E-state index is -3.58. The molecule has 0 fully saturated rings. The number of aryl methyl sites for hydroxylation is 1. The minimum Gasteiger partial charge on any atom is -0.394 e. The predicted octanol–water partition coefficient (Wildman–Crippen LogP) is 3.69. The highest BCUT2D eigenvalue weighted by Crippen LogP contribution is 2.23. The molecule has 32 heavy (non-hydrogen) atoms. The molecule has 4 N–H and O–H groups in total. The molecular weight excluding hydrogens is 494 g/mol. The van der Waals surface area contributed by atoms with Crippen LogP contribution < -0.4 is 15.4 Å². The van der Waals surface area contributed by atoms with Crippen molar-refractivity contribution in [1.29, 1.82) is 0 Å². The van der Waals surface area contributed by atoms with E-state index in [1.54, 1.807) is 18.3 Å². The van der Waals surface area contributed by atoms with Crippen LogP contribution in [0.15, 0.2) is 70.2 Å². The number of nitrogens with zero attached hydrogens (tertiary/aromatic N) is 2. The second-order valence-electron chi connectivity index (χ2n) is 7.25. The maximum absolute atomic E-state index is 12.5. The largest absolute Gasteiger partial charge is 0.394 e. The average Bonchev–Trinajstić information content (AvgIpc) is 2.80. The zero-order valence-electron chi connectivity index (χ0n) is 17.6. The van der Waals surface area contributed by atoms with Gasteiger partial charge in [-0.3, -0.25) is 0 Å². The zero-order chi connectivity index (χ0) is 23.0. The lowest BCUT2D eigenvalue weighted by Gasteiger charge is -2.14. The van der Waals surface area contributed by atoms with E-state index in [-0.39, 0.29) is 17.5 Å². The number of benzene rings is 2. The molecule has 2 aromatic carbocycles. The molecule has 0 saturated heterocycles. The van der Waals surface area contributed by atoms with Crippen molar-refractivity contribution in [2.45, 2.75) is 30.7 Å². The second-order valence-corrected chi connectivity index (χ2v) is 9.88. The Morgan fingerprint density at radius 2 is 1.81 bits per heavy atom. The summed E-state index contributed by atoms with van der Waals surface area (Å²) in [5, 5.41) is 15.3. The first-order valence-corrected chi connectivity index (χ1v) is 12.5. The monoisotopic (exact) mass is 519 g/mol. The number of aliphatic hydroxyl groups excluding tert-OH is 1. The molecule has 0 spiro atoms. The van der Waals surface area contributed by atoms with E-state index in [9.17, 15) is 13.5 Å². The zero-order valence-corrected chi connectivity index (χ0v) is 20.0. The molecule has 0 aliphatic rings. The molecular formula is C22H26BrN5O3S. The fraction of sp³-hybridized carbons (Fsp3) is 0.273. The maximum Gasteiger partial charge on any atom is 0.240 e. The molecule has 8 nitrogen and oxygen atoms in total. The molecule has 1 aromatic heterocycles.